The zero-order valence-electron chi connectivity index (χ0n) is 14.9. The average Bonchev–Trinajstić information content (AvgIpc) is 2.82. The maximum atomic E-state index is 11.7. The van der Waals surface area contributed by atoms with Crippen molar-refractivity contribution in [2.24, 2.45) is 11.8 Å². The highest BCUT2D eigenvalue weighted by atomic mass is 16.7. The molecule has 1 fully saturated rings. The number of hydrogen-bond donors (Lipinski definition) is 0. The summed E-state index contributed by atoms with van der Waals surface area (Å²) in [5, 5.41) is 0. The van der Waals surface area contributed by atoms with Crippen molar-refractivity contribution in [3.8, 4) is 0 Å². The van der Waals surface area contributed by atoms with Crippen LogP contribution in [0.3, 0.4) is 0 Å². The highest BCUT2D eigenvalue weighted by molar-refractivity contribution is 5.69. The third-order valence-corrected chi connectivity index (χ3v) is 4.80. The van der Waals surface area contributed by atoms with Gasteiger partial charge in [-0.1, -0.05) is 32.6 Å². The summed E-state index contributed by atoms with van der Waals surface area (Å²) in [4.78, 5) is 11.7. The van der Waals surface area contributed by atoms with Crippen LogP contribution in [0.15, 0.2) is 0 Å². The van der Waals surface area contributed by atoms with Crippen molar-refractivity contribution in [1.29, 1.82) is 0 Å². The predicted molar refractivity (Wildman–Crippen MR) is 87.6 cm³/mol. The first kappa shape index (κ1) is 19.4. The number of carbonyl (C=O) groups excluding carboxylic acids is 1. The second kappa shape index (κ2) is 10.2. The van der Waals surface area contributed by atoms with Gasteiger partial charge in [-0.3, -0.25) is 4.79 Å². The van der Waals surface area contributed by atoms with E-state index in [9.17, 15) is 4.79 Å². The van der Waals surface area contributed by atoms with Gasteiger partial charge in [0.1, 0.15) is 0 Å². The van der Waals surface area contributed by atoms with Crippen LogP contribution >= 0.6 is 0 Å². The molecule has 0 saturated heterocycles. The molecule has 0 N–H and O–H groups in total. The monoisotopic (exact) mass is 314 g/mol. The van der Waals surface area contributed by atoms with Gasteiger partial charge in [0.25, 0.3) is 0 Å². The zero-order valence-corrected chi connectivity index (χ0v) is 14.9. The first-order chi connectivity index (χ1) is 10.6. The van der Waals surface area contributed by atoms with Crippen LogP contribution in [0.1, 0.15) is 72.1 Å². The van der Waals surface area contributed by atoms with E-state index in [-0.39, 0.29) is 5.97 Å². The molecule has 1 aliphatic rings. The van der Waals surface area contributed by atoms with Crippen LogP contribution in [-0.2, 0) is 19.0 Å². The Labute approximate surface area is 135 Å². The molecule has 1 rings (SSSR count). The number of carbonyl (C=O) groups is 1. The van der Waals surface area contributed by atoms with Gasteiger partial charge in [-0.15, -0.1) is 0 Å². The smallest absolute Gasteiger partial charge is 0.305 e. The van der Waals surface area contributed by atoms with Crippen LogP contribution in [0, 0.1) is 11.8 Å². The van der Waals surface area contributed by atoms with Crippen molar-refractivity contribution in [2.75, 3.05) is 20.3 Å². The molecule has 0 bridgehead atoms. The summed E-state index contributed by atoms with van der Waals surface area (Å²) >= 11 is 0. The largest absolute Gasteiger partial charge is 0.469 e. The Morgan fingerprint density at radius 2 is 1.77 bits per heavy atom. The van der Waals surface area contributed by atoms with Gasteiger partial charge in [-0.2, -0.15) is 0 Å². The summed E-state index contributed by atoms with van der Waals surface area (Å²) < 4.78 is 17.0. The van der Waals surface area contributed by atoms with E-state index in [2.05, 4.69) is 6.92 Å². The predicted octanol–water partition coefficient (Wildman–Crippen LogP) is 4.32. The summed E-state index contributed by atoms with van der Waals surface area (Å²) in [5.41, 5.74) is 0. The Bertz CT molecular complexity index is 310. The lowest BCUT2D eigenvalue weighted by Gasteiger charge is -2.37. The fourth-order valence-electron chi connectivity index (χ4n) is 3.81. The SMILES string of the molecule is CCCCCCC1C(CC(=O)OC)CCC1(OCC)OCC. The molecule has 0 aliphatic heterocycles. The van der Waals surface area contributed by atoms with Crippen molar-refractivity contribution >= 4 is 5.97 Å². The molecule has 0 aromatic rings. The van der Waals surface area contributed by atoms with E-state index in [0.717, 1.165) is 19.3 Å². The van der Waals surface area contributed by atoms with Crippen LogP contribution in [0.4, 0.5) is 0 Å². The fraction of sp³-hybridized carbons (Fsp3) is 0.944. The Morgan fingerprint density at radius 1 is 1.09 bits per heavy atom. The maximum absolute atomic E-state index is 11.7. The third kappa shape index (κ3) is 5.24. The Kier molecular flexibility index (Phi) is 9.03. The molecule has 130 valence electrons. The molecular weight excluding hydrogens is 280 g/mol. The molecule has 2 atom stereocenters. The van der Waals surface area contributed by atoms with Gasteiger partial charge >= 0.3 is 5.97 Å². The van der Waals surface area contributed by atoms with Gasteiger partial charge in [0.2, 0.25) is 0 Å². The van der Waals surface area contributed by atoms with E-state index in [4.69, 9.17) is 14.2 Å². The lowest BCUT2D eigenvalue weighted by atomic mass is 9.85. The van der Waals surface area contributed by atoms with Crippen LogP contribution < -0.4 is 0 Å². The van der Waals surface area contributed by atoms with Gasteiger partial charge in [0, 0.05) is 32.0 Å². The van der Waals surface area contributed by atoms with Crippen LogP contribution in [0.5, 0.6) is 0 Å². The number of methoxy groups -OCH3 is 1. The van der Waals surface area contributed by atoms with Gasteiger partial charge in [-0.25, -0.2) is 0 Å². The quantitative estimate of drug-likeness (QED) is 0.324. The fourth-order valence-corrected chi connectivity index (χ4v) is 3.81. The molecule has 1 saturated carbocycles. The molecule has 0 radical (unpaired) electrons. The lowest BCUT2D eigenvalue weighted by Crippen LogP contribution is -2.42. The minimum Gasteiger partial charge on any atom is -0.469 e. The molecular formula is C18H34O4. The Hall–Kier alpha value is -0.610. The second-order valence-electron chi connectivity index (χ2n) is 6.21. The highest BCUT2D eigenvalue weighted by Gasteiger charge is 2.50. The lowest BCUT2D eigenvalue weighted by molar-refractivity contribution is -0.257. The zero-order chi connectivity index (χ0) is 16.4. The van der Waals surface area contributed by atoms with Gasteiger partial charge in [0.15, 0.2) is 5.79 Å². The van der Waals surface area contributed by atoms with Crippen molar-refractivity contribution in [3.05, 3.63) is 0 Å². The van der Waals surface area contributed by atoms with Crippen molar-refractivity contribution in [2.45, 2.75) is 77.9 Å². The highest BCUT2D eigenvalue weighted by Crippen LogP contribution is 2.48. The van der Waals surface area contributed by atoms with E-state index in [1.807, 2.05) is 13.8 Å². The molecule has 2 unspecified atom stereocenters. The van der Waals surface area contributed by atoms with E-state index >= 15 is 0 Å². The first-order valence-corrected chi connectivity index (χ1v) is 8.98. The molecule has 0 aromatic heterocycles. The first-order valence-electron chi connectivity index (χ1n) is 8.98. The van der Waals surface area contributed by atoms with E-state index in [1.165, 1.54) is 32.8 Å². The van der Waals surface area contributed by atoms with Crippen LogP contribution in [0.2, 0.25) is 0 Å². The molecule has 22 heavy (non-hydrogen) atoms. The van der Waals surface area contributed by atoms with Gasteiger partial charge in [-0.05, 0) is 32.6 Å². The average molecular weight is 314 g/mol. The van der Waals surface area contributed by atoms with Gasteiger partial charge < -0.3 is 14.2 Å². The van der Waals surface area contributed by atoms with E-state index in [1.54, 1.807) is 0 Å². The molecule has 4 heteroatoms. The van der Waals surface area contributed by atoms with E-state index in [0.29, 0.717) is 31.5 Å². The van der Waals surface area contributed by atoms with Crippen molar-refractivity contribution < 1.29 is 19.0 Å². The molecule has 0 aromatic carbocycles. The normalized spacial score (nSPS) is 23.6. The van der Waals surface area contributed by atoms with Crippen molar-refractivity contribution in [1.82, 2.24) is 0 Å². The minimum atomic E-state index is -0.492. The number of esters is 1. The topological polar surface area (TPSA) is 44.8 Å². The third-order valence-electron chi connectivity index (χ3n) is 4.80. The summed E-state index contributed by atoms with van der Waals surface area (Å²) in [7, 11) is 1.46. The standard InChI is InChI=1S/C18H34O4/c1-5-8-9-10-11-16-15(14-17(19)20-4)12-13-18(16,21-6-2)22-7-3/h15-16H,5-14H2,1-4H3. The molecule has 1 aliphatic carbocycles. The number of hydrogen-bond acceptors (Lipinski definition) is 4. The molecule has 0 heterocycles. The minimum absolute atomic E-state index is 0.118. The Balaban J connectivity index is 2.77. The number of rotatable bonds is 11. The summed E-state index contributed by atoms with van der Waals surface area (Å²) in [6, 6.07) is 0. The molecule has 0 spiro atoms. The maximum Gasteiger partial charge on any atom is 0.305 e. The summed E-state index contributed by atoms with van der Waals surface area (Å²) in [6.45, 7) is 7.55. The number of unbranched alkanes of at least 4 members (excludes halogenated alkanes) is 3. The van der Waals surface area contributed by atoms with E-state index < -0.39 is 5.79 Å². The summed E-state index contributed by atoms with van der Waals surface area (Å²) in [6.07, 6.45) is 8.34. The molecule has 4 nitrogen and oxygen atoms in total. The Morgan fingerprint density at radius 3 is 2.32 bits per heavy atom. The summed E-state index contributed by atoms with van der Waals surface area (Å²) in [5.74, 6) is -0.00288. The van der Waals surface area contributed by atoms with Crippen LogP contribution in [-0.4, -0.2) is 32.1 Å². The second-order valence-corrected chi connectivity index (χ2v) is 6.21. The molecule has 0 amide bonds. The van der Waals surface area contributed by atoms with Crippen LogP contribution in [0.25, 0.3) is 0 Å². The van der Waals surface area contributed by atoms with Crippen molar-refractivity contribution in [3.63, 3.8) is 0 Å². The van der Waals surface area contributed by atoms with Gasteiger partial charge in [0.05, 0.1) is 7.11 Å². The number of ether oxygens (including phenoxy) is 3.